The topological polar surface area (TPSA) is 24.7 Å². The Kier molecular flexibility index (Phi) is 5.50. The summed E-state index contributed by atoms with van der Waals surface area (Å²) in [7, 11) is 0. The number of nitrogens with zero attached hydrogens (tertiary/aromatic N) is 2. The summed E-state index contributed by atoms with van der Waals surface area (Å²) in [4.78, 5) is 9.11. The minimum atomic E-state index is 0.983. The summed E-state index contributed by atoms with van der Waals surface area (Å²) in [6.07, 6.45) is 0.983. The van der Waals surface area contributed by atoms with E-state index in [1.807, 2.05) is 51.1 Å². The molecule has 1 aromatic carbocycles. The Morgan fingerprint density at radius 3 is 2.22 bits per heavy atom. The maximum absolute atomic E-state index is 4.58. The lowest BCUT2D eigenvalue weighted by Gasteiger charge is -2.01. The van der Waals surface area contributed by atoms with E-state index in [1.54, 1.807) is 0 Å². The third-order valence-corrected chi connectivity index (χ3v) is 2.62. The molecule has 0 aromatic heterocycles. The molecule has 2 rings (SSSR count). The van der Waals surface area contributed by atoms with E-state index >= 15 is 0 Å². The number of para-hydroxylation sites is 1. The maximum atomic E-state index is 4.58. The van der Waals surface area contributed by atoms with Gasteiger partial charge in [0.2, 0.25) is 0 Å². The van der Waals surface area contributed by atoms with E-state index in [-0.39, 0.29) is 0 Å². The van der Waals surface area contributed by atoms with Crippen LogP contribution in [0.15, 0.2) is 51.6 Å². The third kappa shape index (κ3) is 3.66. The van der Waals surface area contributed by atoms with Crippen LogP contribution in [0.1, 0.15) is 41.0 Å². The molecular formula is C16H22N2. The summed E-state index contributed by atoms with van der Waals surface area (Å²) in [5, 5.41) is 0. The molecule has 2 heteroatoms. The van der Waals surface area contributed by atoms with E-state index < -0.39 is 0 Å². The summed E-state index contributed by atoms with van der Waals surface area (Å²) in [5.74, 6) is 0. The highest BCUT2D eigenvalue weighted by atomic mass is 14.9. The van der Waals surface area contributed by atoms with Crippen LogP contribution in [0.2, 0.25) is 0 Å². The van der Waals surface area contributed by atoms with Crippen LogP contribution in [0.5, 0.6) is 0 Å². The van der Waals surface area contributed by atoms with Crippen molar-refractivity contribution in [3.8, 4) is 0 Å². The second-order valence-electron chi connectivity index (χ2n) is 4.19. The first-order chi connectivity index (χ1) is 8.66. The van der Waals surface area contributed by atoms with Crippen molar-refractivity contribution in [2.45, 2.75) is 41.0 Å². The minimum absolute atomic E-state index is 0.983. The lowest BCUT2D eigenvalue weighted by molar-refractivity contribution is 1.27. The fourth-order valence-corrected chi connectivity index (χ4v) is 1.93. The van der Waals surface area contributed by atoms with E-state index in [1.165, 1.54) is 11.3 Å². The predicted molar refractivity (Wildman–Crippen MR) is 81.0 cm³/mol. The van der Waals surface area contributed by atoms with Gasteiger partial charge in [0.25, 0.3) is 0 Å². The summed E-state index contributed by atoms with van der Waals surface area (Å²) >= 11 is 0. The first-order valence-corrected chi connectivity index (χ1v) is 6.51. The molecule has 0 N–H and O–H groups in total. The average Bonchev–Trinajstić information content (AvgIpc) is 2.72. The standard InChI is InChI=1S/C14H16N2.C2H6/c1-10-9-11(2)15-14(10)12(3)16-13-7-5-4-6-8-13;1-2/h4-8H,9H2,1-3H3;1-2H3. The van der Waals surface area contributed by atoms with Gasteiger partial charge in [-0.25, -0.2) is 0 Å². The van der Waals surface area contributed by atoms with Gasteiger partial charge in [-0.05, 0) is 38.5 Å². The molecule has 1 aliphatic heterocycles. The first kappa shape index (κ1) is 14.4. The molecule has 0 bridgehead atoms. The van der Waals surface area contributed by atoms with Gasteiger partial charge in [0.05, 0.1) is 17.1 Å². The molecule has 96 valence electrons. The number of hydrogen-bond acceptors (Lipinski definition) is 2. The van der Waals surface area contributed by atoms with E-state index in [0.717, 1.165) is 23.5 Å². The molecule has 2 nitrogen and oxygen atoms in total. The molecule has 1 heterocycles. The Bertz CT molecular complexity index is 479. The normalized spacial score (nSPS) is 15.2. The van der Waals surface area contributed by atoms with Gasteiger partial charge in [0.1, 0.15) is 0 Å². The number of allylic oxidation sites excluding steroid dienone is 2. The molecule has 0 radical (unpaired) electrons. The van der Waals surface area contributed by atoms with E-state index in [2.05, 4.69) is 23.8 Å². The van der Waals surface area contributed by atoms with Crippen molar-refractivity contribution >= 4 is 17.1 Å². The van der Waals surface area contributed by atoms with Crippen molar-refractivity contribution in [3.05, 3.63) is 41.6 Å². The smallest absolute Gasteiger partial charge is 0.0834 e. The highest BCUT2D eigenvalue weighted by Gasteiger charge is 2.13. The van der Waals surface area contributed by atoms with Crippen molar-refractivity contribution < 1.29 is 0 Å². The fourth-order valence-electron chi connectivity index (χ4n) is 1.93. The van der Waals surface area contributed by atoms with Crippen LogP contribution < -0.4 is 0 Å². The van der Waals surface area contributed by atoms with Crippen LogP contribution in [0.3, 0.4) is 0 Å². The molecule has 18 heavy (non-hydrogen) atoms. The molecule has 0 aliphatic carbocycles. The summed E-state index contributed by atoms with van der Waals surface area (Å²) in [5.41, 5.74) is 5.53. The Labute approximate surface area is 110 Å². The zero-order chi connectivity index (χ0) is 13.5. The van der Waals surface area contributed by atoms with Gasteiger partial charge < -0.3 is 0 Å². The first-order valence-electron chi connectivity index (χ1n) is 6.51. The van der Waals surface area contributed by atoms with E-state index in [4.69, 9.17) is 0 Å². The Morgan fingerprint density at radius 1 is 1.11 bits per heavy atom. The molecule has 0 saturated heterocycles. The van der Waals surface area contributed by atoms with Crippen LogP contribution in [-0.2, 0) is 0 Å². The van der Waals surface area contributed by atoms with Crippen molar-refractivity contribution in [3.63, 3.8) is 0 Å². The lowest BCUT2D eigenvalue weighted by atomic mass is 10.1. The Morgan fingerprint density at radius 2 is 1.72 bits per heavy atom. The highest BCUT2D eigenvalue weighted by molar-refractivity contribution is 6.05. The average molecular weight is 242 g/mol. The van der Waals surface area contributed by atoms with E-state index in [9.17, 15) is 0 Å². The van der Waals surface area contributed by atoms with Crippen molar-refractivity contribution in [1.82, 2.24) is 0 Å². The molecule has 0 amide bonds. The lowest BCUT2D eigenvalue weighted by Crippen LogP contribution is -1.94. The predicted octanol–water partition coefficient (Wildman–Crippen LogP) is 4.94. The molecule has 0 atom stereocenters. The summed E-state index contributed by atoms with van der Waals surface area (Å²) < 4.78 is 0. The van der Waals surface area contributed by atoms with Crippen LogP contribution >= 0.6 is 0 Å². The zero-order valence-electron chi connectivity index (χ0n) is 12.0. The molecule has 0 unspecified atom stereocenters. The van der Waals surface area contributed by atoms with Gasteiger partial charge in [0.15, 0.2) is 0 Å². The molecule has 0 saturated carbocycles. The zero-order valence-corrected chi connectivity index (χ0v) is 12.0. The third-order valence-electron chi connectivity index (χ3n) is 2.62. The highest BCUT2D eigenvalue weighted by Crippen LogP contribution is 2.22. The van der Waals surface area contributed by atoms with Gasteiger partial charge in [-0.1, -0.05) is 32.0 Å². The Balaban J connectivity index is 0.000000771. The van der Waals surface area contributed by atoms with E-state index in [0.29, 0.717) is 0 Å². The fraction of sp³-hybridized carbons (Fsp3) is 0.375. The summed E-state index contributed by atoms with van der Waals surface area (Å²) in [6.45, 7) is 10.2. The van der Waals surface area contributed by atoms with Gasteiger partial charge in [-0.2, -0.15) is 0 Å². The second-order valence-corrected chi connectivity index (χ2v) is 4.19. The molecule has 0 fully saturated rings. The maximum Gasteiger partial charge on any atom is 0.0834 e. The second kappa shape index (κ2) is 6.90. The SMILES string of the molecule is CC.CC1=NC(C(C)=Nc2ccccc2)=C(C)C1. The minimum Gasteiger partial charge on any atom is -0.256 e. The number of hydrogen-bond donors (Lipinski definition) is 0. The van der Waals surface area contributed by atoms with Gasteiger partial charge >= 0.3 is 0 Å². The van der Waals surface area contributed by atoms with Crippen LogP contribution in [-0.4, -0.2) is 11.4 Å². The van der Waals surface area contributed by atoms with Crippen molar-refractivity contribution in [1.29, 1.82) is 0 Å². The largest absolute Gasteiger partial charge is 0.256 e. The van der Waals surface area contributed by atoms with Crippen molar-refractivity contribution in [2.24, 2.45) is 9.98 Å². The van der Waals surface area contributed by atoms with Gasteiger partial charge in [-0.3, -0.25) is 9.98 Å². The molecule has 1 aliphatic rings. The number of benzene rings is 1. The van der Waals surface area contributed by atoms with Crippen LogP contribution in [0, 0.1) is 0 Å². The number of rotatable bonds is 2. The molecule has 1 aromatic rings. The van der Waals surface area contributed by atoms with Gasteiger partial charge in [-0.15, -0.1) is 0 Å². The molecule has 0 spiro atoms. The van der Waals surface area contributed by atoms with Gasteiger partial charge in [0, 0.05) is 12.1 Å². The summed E-state index contributed by atoms with van der Waals surface area (Å²) in [6, 6.07) is 10.00. The monoisotopic (exact) mass is 242 g/mol. The quantitative estimate of drug-likeness (QED) is 0.656. The van der Waals surface area contributed by atoms with Crippen LogP contribution in [0.4, 0.5) is 5.69 Å². The Hall–Kier alpha value is -1.70. The molecular weight excluding hydrogens is 220 g/mol. The number of aliphatic imine (C=N–C) groups is 2. The van der Waals surface area contributed by atoms with Crippen molar-refractivity contribution in [2.75, 3.05) is 0 Å². The van der Waals surface area contributed by atoms with Crippen LogP contribution in [0.25, 0.3) is 0 Å².